The number of thioether (sulfide) groups is 1. The van der Waals surface area contributed by atoms with Crippen LogP contribution in [0.1, 0.15) is 5.56 Å². The van der Waals surface area contributed by atoms with Crippen molar-refractivity contribution in [3.05, 3.63) is 58.1 Å². The number of benzene rings is 2. The summed E-state index contributed by atoms with van der Waals surface area (Å²) >= 11 is 13.1. The maximum absolute atomic E-state index is 11.7. The predicted octanol–water partition coefficient (Wildman–Crippen LogP) is 4.24. The molecule has 2 rings (SSSR count). The maximum atomic E-state index is 11.7. The van der Waals surface area contributed by atoms with Crippen molar-refractivity contribution in [3.63, 3.8) is 0 Å². The molecule has 1 N–H and O–H groups in total. The zero-order valence-corrected chi connectivity index (χ0v) is 14.6. The topological polar surface area (TPSA) is 50.7 Å². The van der Waals surface area contributed by atoms with E-state index in [0.717, 1.165) is 16.2 Å². The maximum Gasteiger partial charge on any atom is 0.250 e. The van der Waals surface area contributed by atoms with Gasteiger partial charge in [-0.05, 0) is 42.0 Å². The number of carbonyl (C=O) groups excluding carboxylic acids is 1. The smallest absolute Gasteiger partial charge is 0.250 e. The summed E-state index contributed by atoms with van der Waals surface area (Å²) in [6.45, 7) is 0. The van der Waals surface area contributed by atoms with Crippen molar-refractivity contribution in [2.75, 3.05) is 12.9 Å². The van der Waals surface area contributed by atoms with Gasteiger partial charge in [-0.15, -0.1) is 11.8 Å². The predicted molar refractivity (Wildman–Crippen MR) is 95.9 cm³/mol. The first-order chi connectivity index (χ1) is 11.1. The van der Waals surface area contributed by atoms with Crippen molar-refractivity contribution in [3.8, 4) is 5.75 Å². The summed E-state index contributed by atoms with van der Waals surface area (Å²) in [7, 11) is 1.61. The van der Waals surface area contributed by atoms with Gasteiger partial charge in [0, 0.05) is 4.90 Å². The van der Waals surface area contributed by atoms with Gasteiger partial charge in [-0.2, -0.15) is 5.10 Å². The number of amides is 1. The normalized spacial score (nSPS) is 10.7. The van der Waals surface area contributed by atoms with Gasteiger partial charge in [0.05, 0.1) is 29.1 Å². The van der Waals surface area contributed by atoms with Crippen molar-refractivity contribution in [2.24, 2.45) is 5.10 Å². The Balaban J connectivity index is 1.79. The van der Waals surface area contributed by atoms with E-state index in [4.69, 9.17) is 27.9 Å². The summed E-state index contributed by atoms with van der Waals surface area (Å²) in [6.07, 6.45) is 1.51. The zero-order valence-electron chi connectivity index (χ0n) is 12.3. The van der Waals surface area contributed by atoms with Crippen molar-refractivity contribution in [1.82, 2.24) is 5.43 Å². The molecule has 23 heavy (non-hydrogen) atoms. The molecule has 0 aliphatic heterocycles. The third-order valence-corrected chi connectivity index (χ3v) is 4.53. The molecule has 0 aliphatic carbocycles. The van der Waals surface area contributed by atoms with Gasteiger partial charge in [0.25, 0.3) is 0 Å². The molecule has 0 saturated heterocycles. The van der Waals surface area contributed by atoms with E-state index in [1.165, 1.54) is 18.0 Å². The summed E-state index contributed by atoms with van der Waals surface area (Å²) < 4.78 is 5.08. The van der Waals surface area contributed by atoms with E-state index >= 15 is 0 Å². The number of nitrogens with one attached hydrogen (secondary N) is 1. The fourth-order valence-electron chi connectivity index (χ4n) is 1.62. The van der Waals surface area contributed by atoms with Crippen LogP contribution in [0.2, 0.25) is 10.0 Å². The number of hydrogen-bond donors (Lipinski definition) is 1. The van der Waals surface area contributed by atoms with Crippen LogP contribution >= 0.6 is 35.0 Å². The molecular formula is C16H14Cl2N2O2S. The highest BCUT2D eigenvalue weighted by molar-refractivity contribution is 8.00. The van der Waals surface area contributed by atoms with Gasteiger partial charge in [-0.1, -0.05) is 29.3 Å². The van der Waals surface area contributed by atoms with Gasteiger partial charge in [0.15, 0.2) is 0 Å². The van der Waals surface area contributed by atoms with Crippen LogP contribution in [0.5, 0.6) is 5.75 Å². The molecule has 0 saturated carbocycles. The molecule has 2 aromatic carbocycles. The lowest BCUT2D eigenvalue weighted by atomic mass is 10.2. The molecule has 2 aromatic rings. The second kappa shape index (κ2) is 8.82. The molecular weight excluding hydrogens is 355 g/mol. The van der Waals surface area contributed by atoms with Gasteiger partial charge in [0.1, 0.15) is 5.75 Å². The summed E-state index contributed by atoms with van der Waals surface area (Å²) in [5.41, 5.74) is 3.22. The average Bonchev–Trinajstić information content (AvgIpc) is 2.56. The Hall–Kier alpha value is -1.69. The Kier molecular flexibility index (Phi) is 6.77. The number of methoxy groups -OCH3 is 1. The van der Waals surface area contributed by atoms with Crippen molar-refractivity contribution < 1.29 is 9.53 Å². The number of carbonyl (C=O) groups is 1. The highest BCUT2D eigenvalue weighted by atomic mass is 35.5. The van der Waals surface area contributed by atoms with Crippen LogP contribution in [-0.4, -0.2) is 25.0 Å². The molecule has 0 fully saturated rings. The van der Waals surface area contributed by atoms with Gasteiger partial charge in [0.2, 0.25) is 5.91 Å². The first-order valence-corrected chi connectivity index (χ1v) is 8.36. The second-order valence-corrected chi connectivity index (χ2v) is 6.29. The number of nitrogens with zero attached hydrogens (tertiary/aromatic N) is 1. The van der Waals surface area contributed by atoms with E-state index in [1.807, 2.05) is 24.3 Å². The van der Waals surface area contributed by atoms with Crippen molar-refractivity contribution in [2.45, 2.75) is 4.90 Å². The summed E-state index contributed by atoms with van der Waals surface area (Å²) in [5, 5.41) is 4.81. The van der Waals surface area contributed by atoms with Crippen LogP contribution in [0.4, 0.5) is 0 Å². The first kappa shape index (κ1) is 17.7. The van der Waals surface area contributed by atoms with E-state index in [-0.39, 0.29) is 11.7 Å². The highest BCUT2D eigenvalue weighted by Gasteiger charge is 2.02. The summed E-state index contributed by atoms with van der Waals surface area (Å²) in [5.74, 6) is 0.859. The number of halogens is 2. The Morgan fingerprint density at radius 2 is 1.96 bits per heavy atom. The quantitative estimate of drug-likeness (QED) is 0.471. The Bertz CT molecular complexity index is 706. The van der Waals surface area contributed by atoms with Crippen LogP contribution < -0.4 is 10.2 Å². The minimum absolute atomic E-state index is 0.192. The van der Waals surface area contributed by atoms with Crippen molar-refractivity contribution >= 4 is 47.1 Å². The lowest BCUT2D eigenvalue weighted by Gasteiger charge is -2.03. The average molecular weight is 369 g/mol. The van der Waals surface area contributed by atoms with E-state index in [2.05, 4.69) is 10.5 Å². The fourth-order valence-corrected chi connectivity index (χ4v) is 2.62. The molecule has 4 nitrogen and oxygen atoms in total. The van der Waals surface area contributed by atoms with Crippen LogP contribution in [0.15, 0.2) is 52.5 Å². The monoisotopic (exact) mass is 368 g/mol. The number of ether oxygens (including phenoxy) is 1. The number of hydrazone groups is 1. The third-order valence-electron chi connectivity index (χ3n) is 2.78. The fraction of sp³-hybridized carbons (Fsp3) is 0.125. The van der Waals surface area contributed by atoms with Crippen LogP contribution in [0.3, 0.4) is 0 Å². The van der Waals surface area contributed by atoms with Crippen molar-refractivity contribution in [1.29, 1.82) is 0 Å². The molecule has 0 radical (unpaired) electrons. The number of rotatable bonds is 6. The largest absolute Gasteiger partial charge is 0.497 e. The standard InChI is InChI=1S/C16H14Cl2N2O2S/c1-22-12-3-5-13(6-4-12)23-10-16(21)20-19-9-11-2-7-14(17)15(18)8-11/h2-9H,10H2,1H3,(H,20,21)/b19-9-. The van der Waals surface area contributed by atoms with Gasteiger partial charge < -0.3 is 4.74 Å². The highest BCUT2D eigenvalue weighted by Crippen LogP contribution is 2.22. The summed E-state index contributed by atoms with van der Waals surface area (Å²) in [4.78, 5) is 12.7. The minimum Gasteiger partial charge on any atom is -0.497 e. The van der Waals surface area contributed by atoms with Crippen LogP contribution in [0, 0.1) is 0 Å². The van der Waals surface area contributed by atoms with Gasteiger partial charge in [-0.25, -0.2) is 5.43 Å². The number of hydrogen-bond acceptors (Lipinski definition) is 4. The second-order valence-electron chi connectivity index (χ2n) is 4.43. The van der Waals surface area contributed by atoms with Gasteiger partial charge in [-0.3, -0.25) is 4.79 Å². The molecule has 0 unspecified atom stereocenters. The van der Waals surface area contributed by atoms with Crippen LogP contribution in [-0.2, 0) is 4.79 Å². The SMILES string of the molecule is COc1ccc(SCC(=O)N/N=C\c2ccc(Cl)c(Cl)c2)cc1. The van der Waals surface area contributed by atoms with E-state index in [9.17, 15) is 4.79 Å². The zero-order chi connectivity index (χ0) is 16.7. The molecule has 0 atom stereocenters. The van der Waals surface area contributed by atoms with E-state index < -0.39 is 0 Å². The summed E-state index contributed by atoms with van der Waals surface area (Å²) in [6, 6.07) is 12.6. The van der Waals surface area contributed by atoms with E-state index in [1.54, 1.807) is 25.3 Å². The lowest BCUT2D eigenvalue weighted by molar-refractivity contribution is -0.118. The molecule has 120 valence electrons. The molecule has 0 spiro atoms. The van der Waals surface area contributed by atoms with Crippen LogP contribution in [0.25, 0.3) is 0 Å². The molecule has 0 heterocycles. The first-order valence-electron chi connectivity index (χ1n) is 6.62. The molecule has 7 heteroatoms. The molecule has 1 amide bonds. The Labute approximate surface area is 148 Å². The lowest BCUT2D eigenvalue weighted by Crippen LogP contribution is -2.19. The van der Waals surface area contributed by atoms with E-state index in [0.29, 0.717) is 10.0 Å². The minimum atomic E-state index is -0.192. The molecule has 0 aliphatic rings. The molecule has 0 bridgehead atoms. The Morgan fingerprint density at radius 3 is 2.61 bits per heavy atom. The molecule has 0 aromatic heterocycles. The Morgan fingerprint density at radius 1 is 1.22 bits per heavy atom. The third kappa shape index (κ3) is 5.78. The van der Waals surface area contributed by atoms with Gasteiger partial charge >= 0.3 is 0 Å².